The van der Waals surface area contributed by atoms with Gasteiger partial charge in [-0.1, -0.05) is 0 Å². The number of benzene rings is 1. The maximum absolute atomic E-state index is 13.8. The van der Waals surface area contributed by atoms with Crippen molar-refractivity contribution in [1.82, 2.24) is 5.32 Å². The summed E-state index contributed by atoms with van der Waals surface area (Å²) in [7, 11) is 1.56. The molecule has 0 aliphatic rings. The molecule has 0 saturated carbocycles. The van der Waals surface area contributed by atoms with Crippen molar-refractivity contribution in [3.8, 4) is 0 Å². The lowest BCUT2D eigenvalue weighted by atomic mass is 10.0. The minimum absolute atomic E-state index is 0.0124. The highest BCUT2D eigenvalue weighted by Gasteiger charge is 2.17. The molecule has 0 aromatic heterocycles. The van der Waals surface area contributed by atoms with Gasteiger partial charge in [0.1, 0.15) is 11.6 Å². The van der Waals surface area contributed by atoms with Crippen LogP contribution < -0.4 is 5.32 Å². The fourth-order valence-corrected chi connectivity index (χ4v) is 2.01. The second-order valence-electron chi connectivity index (χ2n) is 4.68. The molecule has 0 spiro atoms. The number of rotatable bonds is 7. The van der Waals surface area contributed by atoms with Crippen molar-refractivity contribution >= 4 is 0 Å². The maximum Gasteiger partial charge on any atom is 0.128 e. The molecule has 0 saturated heterocycles. The van der Waals surface area contributed by atoms with Gasteiger partial charge in [0.05, 0.1) is 6.61 Å². The third-order valence-electron chi connectivity index (χ3n) is 3.08. The Kier molecular flexibility index (Phi) is 6.34. The van der Waals surface area contributed by atoms with Crippen molar-refractivity contribution in [2.45, 2.75) is 32.4 Å². The van der Waals surface area contributed by atoms with Crippen LogP contribution in [0.2, 0.25) is 0 Å². The van der Waals surface area contributed by atoms with Gasteiger partial charge in [0.2, 0.25) is 0 Å². The summed E-state index contributed by atoms with van der Waals surface area (Å²) in [6.45, 7) is 3.70. The molecule has 1 aromatic rings. The summed E-state index contributed by atoms with van der Waals surface area (Å²) in [4.78, 5) is 0. The Bertz CT molecular complexity index is 407. The summed E-state index contributed by atoms with van der Waals surface area (Å²) < 4.78 is 32.3. The lowest BCUT2D eigenvalue weighted by Crippen LogP contribution is -2.36. The monoisotopic (exact) mass is 273 g/mol. The van der Waals surface area contributed by atoms with Gasteiger partial charge in [0, 0.05) is 31.4 Å². The zero-order chi connectivity index (χ0) is 14.4. The summed E-state index contributed by atoms with van der Waals surface area (Å²) in [5.74, 6) is -0.852. The van der Waals surface area contributed by atoms with Crippen LogP contribution in [-0.2, 0) is 4.74 Å². The highest BCUT2D eigenvalue weighted by molar-refractivity contribution is 5.27. The molecule has 0 aliphatic carbocycles. The van der Waals surface area contributed by atoms with Gasteiger partial charge in [-0.05, 0) is 38.0 Å². The van der Waals surface area contributed by atoms with E-state index in [1.54, 1.807) is 14.0 Å². The number of nitrogens with one attached hydrogen (secondary N) is 1. The van der Waals surface area contributed by atoms with Gasteiger partial charge in [0.15, 0.2) is 0 Å². The smallest absolute Gasteiger partial charge is 0.128 e. The average molecular weight is 273 g/mol. The number of hydrogen-bond acceptors (Lipinski definition) is 3. The Balaban J connectivity index is 2.81. The molecule has 1 aromatic carbocycles. The van der Waals surface area contributed by atoms with E-state index in [9.17, 15) is 8.78 Å². The Hall–Kier alpha value is -1.04. The maximum atomic E-state index is 13.8. The van der Waals surface area contributed by atoms with E-state index in [0.717, 1.165) is 0 Å². The molecule has 0 radical (unpaired) electrons. The van der Waals surface area contributed by atoms with E-state index in [1.165, 1.54) is 19.1 Å². The molecule has 0 aliphatic heterocycles. The molecule has 0 bridgehead atoms. The van der Waals surface area contributed by atoms with Crippen molar-refractivity contribution in [3.05, 3.63) is 34.9 Å². The van der Waals surface area contributed by atoms with Gasteiger partial charge in [0.25, 0.3) is 0 Å². The normalized spacial score (nSPS) is 14.4. The van der Waals surface area contributed by atoms with Crippen LogP contribution in [0.3, 0.4) is 0 Å². The summed E-state index contributed by atoms with van der Waals surface area (Å²) in [6, 6.07) is 1.95. The summed E-state index contributed by atoms with van der Waals surface area (Å²) >= 11 is 0. The molecule has 108 valence electrons. The van der Waals surface area contributed by atoms with E-state index in [0.29, 0.717) is 13.0 Å². The molecule has 2 N–H and O–H groups in total. The standard InChI is InChI=1S/C14H21F2NO2/c1-9-6-14(16)12(7-13(9)15)10(2)17-11(4-5-18)8-19-3/h6-7,10-11,17-18H,4-5,8H2,1-3H3. The van der Waals surface area contributed by atoms with Crippen LogP contribution in [0.25, 0.3) is 0 Å². The largest absolute Gasteiger partial charge is 0.396 e. The first-order valence-electron chi connectivity index (χ1n) is 6.31. The van der Waals surface area contributed by atoms with Crippen molar-refractivity contribution in [1.29, 1.82) is 0 Å². The molecule has 1 rings (SSSR count). The Morgan fingerprint density at radius 2 is 2.00 bits per heavy atom. The Morgan fingerprint density at radius 3 is 2.58 bits per heavy atom. The summed E-state index contributed by atoms with van der Waals surface area (Å²) in [5.41, 5.74) is 0.569. The molecule has 0 fully saturated rings. The molecular formula is C14H21F2NO2. The minimum atomic E-state index is -0.431. The predicted molar refractivity (Wildman–Crippen MR) is 70.0 cm³/mol. The summed E-state index contributed by atoms with van der Waals surface area (Å²) in [6.07, 6.45) is 0.494. The Morgan fingerprint density at radius 1 is 1.32 bits per heavy atom. The van der Waals surface area contributed by atoms with Gasteiger partial charge in [-0.2, -0.15) is 0 Å². The number of halogens is 2. The van der Waals surface area contributed by atoms with Gasteiger partial charge in [-0.15, -0.1) is 0 Å². The highest BCUT2D eigenvalue weighted by Crippen LogP contribution is 2.21. The third-order valence-corrected chi connectivity index (χ3v) is 3.08. The molecule has 2 unspecified atom stereocenters. The van der Waals surface area contributed by atoms with Crippen LogP contribution in [0, 0.1) is 18.6 Å². The molecular weight excluding hydrogens is 252 g/mol. The van der Waals surface area contributed by atoms with Crippen LogP contribution >= 0.6 is 0 Å². The molecule has 19 heavy (non-hydrogen) atoms. The van der Waals surface area contributed by atoms with Gasteiger partial charge in [-0.25, -0.2) is 8.78 Å². The zero-order valence-corrected chi connectivity index (χ0v) is 11.5. The number of aryl methyl sites for hydroxylation is 1. The second-order valence-corrected chi connectivity index (χ2v) is 4.68. The van der Waals surface area contributed by atoms with Crippen molar-refractivity contribution in [2.75, 3.05) is 20.3 Å². The van der Waals surface area contributed by atoms with Gasteiger partial charge >= 0.3 is 0 Å². The quantitative estimate of drug-likeness (QED) is 0.801. The molecule has 0 heterocycles. The minimum Gasteiger partial charge on any atom is -0.396 e. The van der Waals surface area contributed by atoms with E-state index in [-0.39, 0.29) is 29.8 Å². The molecule has 3 nitrogen and oxygen atoms in total. The first-order chi connectivity index (χ1) is 8.99. The molecule has 2 atom stereocenters. The second kappa shape index (κ2) is 7.53. The zero-order valence-electron chi connectivity index (χ0n) is 11.5. The van der Waals surface area contributed by atoms with Crippen LogP contribution in [0.5, 0.6) is 0 Å². The van der Waals surface area contributed by atoms with Crippen LogP contribution in [-0.4, -0.2) is 31.5 Å². The van der Waals surface area contributed by atoms with Crippen LogP contribution in [0.15, 0.2) is 12.1 Å². The lowest BCUT2D eigenvalue weighted by Gasteiger charge is -2.23. The van der Waals surface area contributed by atoms with Gasteiger partial charge < -0.3 is 15.2 Å². The first-order valence-corrected chi connectivity index (χ1v) is 6.31. The average Bonchev–Trinajstić information content (AvgIpc) is 2.34. The van der Waals surface area contributed by atoms with E-state index in [1.807, 2.05) is 0 Å². The van der Waals surface area contributed by atoms with E-state index < -0.39 is 11.6 Å². The fraction of sp³-hybridized carbons (Fsp3) is 0.571. The number of ether oxygens (including phenoxy) is 1. The summed E-state index contributed by atoms with van der Waals surface area (Å²) in [5, 5.41) is 12.1. The van der Waals surface area contributed by atoms with Crippen molar-refractivity contribution < 1.29 is 18.6 Å². The SMILES string of the molecule is COCC(CCO)NC(C)c1cc(F)c(C)cc1F. The third kappa shape index (κ3) is 4.53. The van der Waals surface area contributed by atoms with Gasteiger partial charge in [-0.3, -0.25) is 0 Å². The van der Waals surface area contributed by atoms with Crippen molar-refractivity contribution in [3.63, 3.8) is 0 Å². The van der Waals surface area contributed by atoms with E-state index in [4.69, 9.17) is 9.84 Å². The molecule has 5 heteroatoms. The highest BCUT2D eigenvalue weighted by atomic mass is 19.1. The number of aliphatic hydroxyl groups excluding tert-OH is 1. The lowest BCUT2D eigenvalue weighted by molar-refractivity contribution is 0.143. The van der Waals surface area contributed by atoms with Crippen LogP contribution in [0.4, 0.5) is 8.78 Å². The topological polar surface area (TPSA) is 41.5 Å². The predicted octanol–water partition coefficient (Wildman–Crippen LogP) is 2.32. The number of hydrogen-bond donors (Lipinski definition) is 2. The number of aliphatic hydroxyl groups is 1. The van der Waals surface area contributed by atoms with Crippen molar-refractivity contribution in [2.24, 2.45) is 0 Å². The van der Waals surface area contributed by atoms with Crippen LogP contribution in [0.1, 0.15) is 30.5 Å². The fourth-order valence-electron chi connectivity index (χ4n) is 2.01. The Labute approximate surface area is 112 Å². The first kappa shape index (κ1) is 16.0. The van der Waals surface area contributed by atoms with E-state index in [2.05, 4.69) is 5.32 Å². The number of methoxy groups -OCH3 is 1. The van der Waals surface area contributed by atoms with E-state index >= 15 is 0 Å². The molecule has 0 amide bonds.